The number of rotatable bonds is 3. The van der Waals surface area contributed by atoms with Gasteiger partial charge in [-0.05, 0) is 39.7 Å². The van der Waals surface area contributed by atoms with Crippen molar-refractivity contribution in [2.24, 2.45) is 0 Å². The second kappa shape index (κ2) is 6.25. The van der Waals surface area contributed by atoms with Crippen LogP contribution >= 0.6 is 31.9 Å². The number of carbonyl (C=O) groups excluding carboxylic acids is 1. The molecule has 6 heteroatoms. The first-order valence-electron chi connectivity index (χ1n) is 5.40. The van der Waals surface area contributed by atoms with E-state index in [0.717, 1.165) is 16.2 Å². The lowest BCUT2D eigenvalue weighted by molar-refractivity contribution is -0.115. The lowest BCUT2D eigenvalue weighted by Gasteiger charge is -2.06. The summed E-state index contributed by atoms with van der Waals surface area (Å²) in [6.45, 7) is 0. The number of hydrogen-bond donors (Lipinski definition) is 1. The highest BCUT2D eigenvalue weighted by molar-refractivity contribution is 9.10. The highest BCUT2D eigenvalue weighted by Crippen LogP contribution is 2.20. The third kappa shape index (κ3) is 4.11. The van der Waals surface area contributed by atoms with Gasteiger partial charge in [0.05, 0.1) is 17.1 Å². The summed E-state index contributed by atoms with van der Waals surface area (Å²) in [6, 6.07) is 8.71. The number of nitrogens with one attached hydrogen (secondary N) is 1. The van der Waals surface area contributed by atoms with E-state index in [-0.39, 0.29) is 12.3 Å². The topological polar surface area (TPSA) is 42.0 Å². The Labute approximate surface area is 126 Å². The lowest BCUT2D eigenvalue weighted by Crippen LogP contribution is -2.15. The van der Waals surface area contributed by atoms with E-state index >= 15 is 0 Å². The van der Waals surface area contributed by atoms with E-state index in [4.69, 9.17) is 0 Å². The molecule has 98 valence electrons. The Morgan fingerprint density at radius 2 is 1.95 bits per heavy atom. The van der Waals surface area contributed by atoms with Crippen molar-refractivity contribution in [1.82, 2.24) is 4.98 Å². The van der Waals surface area contributed by atoms with Gasteiger partial charge in [0.2, 0.25) is 5.91 Å². The second-order valence-electron chi connectivity index (χ2n) is 3.84. The zero-order valence-corrected chi connectivity index (χ0v) is 12.8. The van der Waals surface area contributed by atoms with Gasteiger partial charge in [-0.15, -0.1) is 0 Å². The average molecular weight is 388 g/mol. The summed E-state index contributed by atoms with van der Waals surface area (Å²) in [6.07, 6.45) is 1.29. The van der Waals surface area contributed by atoms with Crippen molar-refractivity contribution in [3.05, 3.63) is 56.9 Å². The number of halogens is 3. The van der Waals surface area contributed by atoms with E-state index in [1.807, 2.05) is 24.3 Å². The fourth-order valence-electron chi connectivity index (χ4n) is 1.47. The van der Waals surface area contributed by atoms with E-state index in [1.165, 1.54) is 6.07 Å². The number of carbonyl (C=O) groups is 1. The minimum absolute atomic E-state index is 0.206. The smallest absolute Gasteiger partial charge is 0.229 e. The van der Waals surface area contributed by atoms with Crippen molar-refractivity contribution in [1.29, 1.82) is 0 Å². The number of nitrogens with zero attached hydrogens (tertiary/aromatic N) is 1. The van der Waals surface area contributed by atoms with Crippen LogP contribution in [0, 0.1) is 5.82 Å². The molecule has 1 aromatic heterocycles. The molecule has 0 unspecified atom stereocenters. The van der Waals surface area contributed by atoms with E-state index in [9.17, 15) is 9.18 Å². The standard InChI is InChI=1S/C13H9Br2FN2O/c14-9-3-1-8(2-4-9)5-12(19)18-13-11(15)6-10(16)7-17-13/h1-4,6-7H,5H2,(H,17,18,19). The minimum Gasteiger partial charge on any atom is -0.309 e. The number of pyridine rings is 1. The van der Waals surface area contributed by atoms with Crippen molar-refractivity contribution < 1.29 is 9.18 Å². The van der Waals surface area contributed by atoms with Gasteiger partial charge in [0.25, 0.3) is 0 Å². The monoisotopic (exact) mass is 386 g/mol. The number of anilines is 1. The molecule has 1 aromatic carbocycles. The maximum absolute atomic E-state index is 12.9. The molecule has 0 radical (unpaired) electrons. The number of amides is 1. The fourth-order valence-corrected chi connectivity index (χ4v) is 2.15. The van der Waals surface area contributed by atoms with Crippen LogP contribution in [0.3, 0.4) is 0 Å². The molecule has 2 rings (SSSR count). The van der Waals surface area contributed by atoms with Gasteiger partial charge in [0.1, 0.15) is 11.6 Å². The van der Waals surface area contributed by atoms with Crippen molar-refractivity contribution in [2.75, 3.05) is 5.32 Å². The van der Waals surface area contributed by atoms with Crippen LogP contribution in [0.5, 0.6) is 0 Å². The Kier molecular flexibility index (Phi) is 4.66. The zero-order chi connectivity index (χ0) is 13.8. The van der Waals surface area contributed by atoms with Gasteiger partial charge < -0.3 is 5.32 Å². The predicted molar refractivity (Wildman–Crippen MR) is 78.4 cm³/mol. The molecular weight excluding hydrogens is 379 g/mol. The molecule has 0 atom stereocenters. The summed E-state index contributed by atoms with van der Waals surface area (Å²) in [4.78, 5) is 15.6. The summed E-state index contributed by atoms with van der Waals surface area (Å²) in [5.41, 5.74) is 0.888. The lowest BCUT2D eigenvalue weighted by atomic mass is 10.1. The van der Waals surface area contributed by atoms with Crippen LogP contribution < -0.4 is 5.32 Å². The first-order valence-corrected chi connectivity index (χ1v) is 6.98. The largest absolute Gasteiger partial charge is 0.309 e. The van der Waals surface area contributed by atoms with E-state index < -0.39 is 5.82 Å². The zero-order valence-electron chi connectivity index (χ0n) is 9.66. The summed E-state index contributed by atoms with van der Waals surface area (Å²) < 4.78 is 14.2. The van der Waals surface area contributed by atoms with Crippen LogP contribution in [0.2, 0.25) is 0 Å². The van der Waals surface area contributed by atoms with Crippen LogP contribution in [-0.4, -0.2) is 10.9 Å². The Hall–Kier alpha value is -1.27. The first-order chi connectivity index (χ1) is 9.04. The van der Waals surface area contributed by atoms with Crippen LogP contribution in [0.4, 0.5) is 10.2 Å². The van der Waals surface area contributed by atoms with Crippen LogP contribution in [0.1, 0.15) is 5.56 Å². The molecule has 0 spiro atoms. The SMILES string of the molecule is O=C(Cc1ccc(Br)cc1)Nc1ncc(F)cc1Br. The summed E-state index contributed by atoms with van der Waals surface area (Å²) >= 11 is 6.48. The van der Waals surface area contributed by atoms with E-state index in [2.05, 4.69) is 42.2 Å². The predicted octanol–water partition coefficient (Wildman–Crippen LogP) is 3.93. The molecule has 0 fully saturated rings. The minimum atomic E-state index is -0.460. The molecule has 0 saturated carbocycles. The Morgan fingerprint density at radius 3 is 2.58 bits per heavy atom. The molecule has 0 saturated heterocycles. The molecule has 1 heterocycles. The van der Waals surface area contributed by atoms with Gasteiger partial charge in [0, 0.05) is 4.47 Å². The average Bonchev–Trinajstić information content (AvgIpc) is 2.36. The molecule has 2 aromatic rings. The van der Waals surface area contributed by atoms with Crippen LogP contribution in [0.15, 0.2) is 45.5 Å². The highest BCUT2D eigenvalue weighted by atomic mass is 79.9. The fraction of sp³-hybridized carbons (Fsp3) is 0.0769. The molecule has 1 amide bonds. The maximum atomic E-state index is 12.9. The Morgan fingerprint density at radius 1 is 1.26 bits per heavy atom. The van der Waals surface area contributed by atoms with Crippen LogP contribution in [-0.2, 0) is 11.2 Å². The first kappa shape index (κ1) is 14.1. The molecular formula is C13H9Br2FN2O. The van der Waals surface area contributed by atoms with Crippen molar-refractivity contribution in [3.63, 3.8) is 0 Å². The molecule has 0 aliphatic rings. The molecule has 0 bridgehead atoms. The van der Waals surface area contributed by atoms with Gasteiger partial charge >= 0.3 is 0 Å². The van der Waals surface area contributed by atoms with Crippen molar-refractivity contribution >= 4 is 43.6 Å². The Bertz CT molecular complexity index is 602. The molecule has 3 nitrogen and oxygen atoms in total. The maximum Gasteiger partial charge on any atom is 0.229 e. The second-order valence-corrected chi connectivity index (χ2v) is 5.61. The van der Waals surface area contributed by atoms with Gasteiger partial charge in [-0.3, -0.25) is 4.79 Å². The summed E-state index contributed by atoms with van der Waals surface area (Å²) in [5.74, 6) is -0.358. The van der Waals surface area contributed by atoms with Gasteiger partial charge in [-0.25, -0.2) is 9.37 Å². The molecule has 0 aliphatic carbocycles. The molecule has 0 aliphatic heterocycles. The highest BCUT2D eigenvalue weighted by Gasteiger charge is 2.08. The van der Waals surface area contributed by atoms with Crippen LogP contribution in [0.25, 0.3) is 0 Å². The quantitative estimate of drug-likeness (QED) is 0.866. The number of benzene rings is 1. The third-order valence-corrected chi connectivity index (χ3v) is 3.48. The van der Waals surface area contributed by atoms with Crippen molar-refractivity contribution in [3.8, 4) is 0 Å². The van der Waals surface area contributed by atoms with Gasteiger partial charge in [0.15, 0.2) is 0 Å². The van der Waals surface area contributed by atoms with E-state index in [0.29, 0.717) is 10.3 Å². The molecule has 19 heavy (non-hydrogen) atoms. The summed E-state index contributed by atoms with van der Waals surface area (Å²) in [5, 5.41) is 2.63. The summed E-state index contributed by atoms with van der Waals surface area (Å²) in [7, 11) is 0. The Balaban J connectivity index is 2.03. The number of aromatic nitrogens is 1. The van der Waals surface area contributed by atoms with Gasteiger partial charge in [-0.1, -0.05) is 28.1 Å². The van der Waals surface area contributed by atoms with Crippen molar-refractivity contribution in [2.45, 2.75) is 6.42 Å². The molecule has 1 N–H and O–H groups in total. The normalized spacial score (nSPS) is 10.3. The van der Waals surface area contributed by atoms with E-state index in [1.54, 1.807) is 0 Å². The van der Waals surface area contributed by atoms with Gasteiger partial charge in [-0.2, -0.15) is 0 Å². The third-order valence-electron chi connectivity index (χ3n) is 2.34. The number of hydrogen-bond acceptors (Lipinski definition) is 2.